The SMILES string of the molecule is CCOC(=O)/C(NC=O)=C1\CC[C@H]2[C@@H]3CC=C4CC5(CC[C@]4(C)[C@H]3CC[C@]12C)OCCO5. The average Bonchev–Trinajstić information content (AvgIpc) is 3.37. The van der Waals surface area contributed by atoms with Gasteiger partial charge in [-0.1, -0.05) is 25.5 Å². The molecule has 1 saturated heterocycles. The summed E-state index contributed by atoms with van der Waals surface area (Å²) in [5.74, 6) is 1.02. The molecule has 1 amide bonds. The Kier molecular flexibility index (Phi) is 5.52. The first-order valence-corrected chi connectivity index (χ1v) is 12.5. The van der Waals surface area contributed by atoms with Crippen molar-refractivity contribution in [2.75, 3.05) is 19.8 Å². The van der Waals surface area contributed by atoms with Gasteiger partial charge in [-0.25, -0.2) is 4.79 Å². The van der Waals surface area contributed by atoms with Crippen molar-refractivity contribution < 1.29 is 23.8 Å². The molecule has 1 N–H and O–H groups in total. The number of ether oxygens (including phenoxy) is 3. The van der Waals surface area contributed by atoms with Gasteiger partial charge in [0, 0.05) is 12.8 Å². The first-order chi connectivity index (χ1) is 15.4. The van der Waals surface area contributed by atoms with Crippen LogP contribution in [0.2, 0.25) is 0 Å². The maximum atomic E-state index is 12.6. The lowest BCUT2D eigenvalue weighted by Gasteiger charge is -2.58. The summed E-state index contributed by atoms with van der Waals surface area (Å²) >= 11 is 0. The highest BCUT2D eigenvalue weighted by molar-refractivity contribution is 5.91. The van der Waals surface area contributed by atoms with Crippen LogP contribution in [-0.4, -0.2) is 38.0 Å². The Bertz CT molecular complexity index is 856. The minimum Gasteiger partial charge on any atom is -0.461 e. The van der Waals surface area contributed by atoms with Crippen LogP contribution in [0.3, 0.4) is 0 Å². The molecular weight excluding hydrogens is 406 g/mol. The van der Waals surface area contributed by atoms with Crippen molar-refractivity contribution in [3.8, 4) is 0 Å². The van der Waals surface area contributed by atoms with Crippen molar-refractivity contribution in [2.45, 2.75) is 77.9 Å². The van der Waals surface area contributed by atoms with Gasteiger partial charge in [0.15, 0.2) is 5.79 Å². The Labute approximate surface area is 191 Å². The van der Waals surface area contributed by atoms with Gasteiger partial charge in [-0.15, -0.1) is 0 Å². The van der Waals surface area contributed by atoms with Crippen molar-refractivity contribution in [3.63, 3.8) is 0 Å². The fourth-order valence-electron chi connectivity index (χ4n) is 8.10. The summed E-state index contributed by atoms with van der Waals surface area (Å²) in [7, 11) is 0. The second-order valence-corrected chi connectivity index (χ2v) is 10.9. The number of nitrogens with one attached hydrogen (secondary N) is 1. The minimum atomic E-state index is -0.398. The lowest BCUT2D eigenvalue weighted by molar-refractivity contribution is -0.184. The van der Waals surface area contributed by atoms with Crippen LogP contribution in [0.15, 0.2) is 22.9 Å². The number of rotatable bonds is 4. The van der Waals surface area contributed by atoms with E-state index in [0.29, 0.717) is 49.7 Å². The summed E-state index contributed by atoms with van der Waals surface area (Å²) in [6, 6.07) is 0. The Morgan fingerprint density at radius 2 is 1.91 bits per heavy atom. The van der Waals surface area contributed by atoms with Crippen LogP contribution < -0.4 is 5.32 Å². The summed E-state index contributed by atoms with van der Waals surface area (Å²) in [6.07, 6.45) is 11.4. The number of esters is 1. The Balaban J connectivity index is 1.44. The molecule has 5 atom stereocenters. The largest absolute Gasteiger partial charge is 0.461 e. The summed E-state index contributed by atoms with van der Waals surface area (Å²) in [5, 5.41) is 2.70. The van der Waals surface area contributed by atoms with Crippen LogP contribution in [0.1, 0.15) is 72.1 Å². The molecule has 0 bridgehead atoms. The molecule has 4 aliphatic carbocycles. The number of allylic oxidation sites excluding steroid dienone is 2. The molecule has 1 aliphatic heterocycles. The number of hydrogen-bond donors (Lipinski definition) is 1. The van der Waals surface area contributed by atoms with Gasteiger partial charge in [-0.3, -0.25) is 4.79 Å². The monoisotopic (exact) mass is 443 g/mol. The van der Waals surface area contributed by atoms with E-state index in [9.17, 15) is 9.59 Å². The van der Waals surface area contributed by atoms with E-state index >= 15 is 0 Å². The second kappa shape index (κ2) is 7.98. The van der Waals surface area contributed by atoms with E-state index in [-0.39, 0.29) is 16.6 Å². The van der Waals surface area contributed by atoms with Crippen LogP contribution in [0.25, 0.3) is 0 Å². The Morgan fingerprint density at radius 1 is 1.16 bits per heavy atom. The maximum absolute atomic E-state index is 12.6. The molecule has 5 aliphatic rings. The first-order valence-electron chi connectivity index (χ1n) is 12.5. The van der Waals surface area contributed by atoms with E-state index in [0.717, 1.165) is 56.9 Å². The Hall–Kier alpha value is -1.66. The fraction of sp³-hybridized carbons (Fsp3) is 0.769. The number of fused-ring (bicyclic) bond motifs is 5. The molecule has 4 fully saturated rings. The highest BCUT2D eigenvalue weighted by atomic mass is 16.7. The zero-order valence-electron chi connectivity index (χ0n) is 19.7. The van der Waals surface area contributed by atoms with E-state index in [1.165, 1.54) is 0 Å². The molecule has 176 valence electrons. The lowest BCUT2D eigenvalue weighted by atomic mass is 9.47. The van der Waals surface area contributed by atoms with E-state index < -0.39 is 5.97 Å². The molecule has 0 aromatic heterocycles. The van der Waals surface area contributed by atoms with Gasteiger partial charge in [0.25, 0.3) is 0 Å². The number of carbonyl (C=O) groups is 2. The van der Waals surface area contributed by atoms with Crippen LogP contribution in [0.5, 0.6) is 0 Å². The van der Waals surface area contributed by atoms with Crippen molar-refractivity contribution in [1.82, 2.24) is 5.32 Å². The number of hydrogen-bond acceptors (Lipinski definition) is 5. The highest BCUT2D eigenvalue weighted by Gasteiger charge is 2.59. The Morgan fingerprint density at radius 3 is 2.62 bits per heavy atom. The standard InChI is InChI=1S/C26H37NO5/c1-4-30-23(29)22(27-16-28)21-8-7-19-18-6-5-17-15-26(31-13-14-32-26)12-11-24(17,2)20(18)9-10-25(19,21)3/h5,16,18-20H,4,6-15H2,1-3H3,(H,27,28)/b22-21-/t18-,19-,20-,24-,25-/m0/s1. The molecule has 1 spiro atoms. The zero-order valence-corrected chi connectivity index (χ0v) is 19.7. The van der Waals surface area contributed by atoms with Crippen molar-refractivity contribution in [1.29, 1.82) is 0 Å². The third-order valence-corrected chi connectivity index (χ3v) is 9.69. The summed E-state index contributed by atoms with van der Waals surface area (Å²) < 4.78 is 17.4. The zero-order chi connectivity index (χ0) is 22.6. The molecule has 5 rings (SSSR count). The van der Waals surface area contributed by atoms with Crippen molar-refractivity contribution in [2.24, 2.45) is 28.6 Å². The van der Waals surface area contributed by atoms with Crippen LogP contribution in [0, 0.1) is 28.6 Å². The summed E-state index contributed by atoms with van der Waals surface area (Å²) in [5.41, 5.74) is 3.18. The quantitative estimate of drug-likeness (QED) is 0.304. The van der Waals surface area contributed by atoms with Crippen LogP contribution >= 0.6 is 0 Å². The molecule has 6 nitrogen and oxygen atoms in total. The summed E-state index contributed by atoms with van der Waals surface area (Å²) in [4.78, 5) is 23.9. The van der Waals surface area contributed by atoms with Gasteiger partial charge < -0.3 is 19.5 Å². The minimum absolute atomic E-state index is 0.0610. The molecule has 0 radical (unpaired) electrons. The maximum Gasteiger partial charge on any atom is 0.354 e. The van der Waals surface area contributed by atoms with E-state index in [1.54, 1.807) is 12.5 Å². The second-order valence-electron chi connectivity index (χ2n) is 10.9. The van der Waals surface area contributed by atoms with Gasteiger partial charge in [-0.2, -0.15) is 0 Å². The van der Waals surface area contributed by atoms with Gasteiger partial charge in [0.05, 0.1) is 19.8 Å². The van der Waals surface area contributed by atoms with Crippen molar-refractivity contribution in [3.05, 3.63) is 22.9 Å². The van der Waals surface area contributed by atoms with Gasteiger partial charge in [0.1, 0.15) is 5.70 Å². The average molecular weight is 444 g/mol. The van der Waals surface area contributed by atoms with Gasteiger partial charge in [0.2, 0.25) is 6.41 Å². The molecule has 0 aromatic rings. The van der Waals surface area contributed by atoms with E-state index in [2.05, 4.69) is 25.2 Å². The molecule has 1 heterocycles. The molecule has 6 heteroatoms. The number of amides is 1. The molecule has 3 saturated carbocycles. The normalized spacial score (nSPS) is 41.2. The molecular formula is C26H37NO5. The highest BCUT2D eigenvalue weighted by Crippen LogP contribution is 2.67. The predicted octanol–water partition coefficient (Wildman–Crippen LogP) is 4.26. The summed E-state index contributed by atoms with van der Waals surface area (Å²) in [6.45, 7) is 8.33. The molecule has 32 heavy (non-hydrogen) atoms. The van der Waals surface area contributed by atoms with E-state index in [1.807, 2.05) is 0 Å². The predicted molar refractivity (Wildman–Crippen MR) is 119 cm³/mol. The van der Waals surface area contributed by atoms with Gasteiger partial charge in [-0.05, 0) is 79.6 Å². The van der Waals surface area contributed by atoms with Crippen LogP contribution in [0.4, 0.5) is 0 Å². The van der Waals surface area contributed by atoms with Crippen LogP contribution in [-0.2, 0) is 23.8 Å². The van der Waals surface area contributed by atoms with Gasteiger partial charge >= 0.3 is 5.97 Å². The number of carbonyl (C=O) groups excluding carboxylic acids is 2. The molecule has 0 unspecified atom stereocenters. The molecule has 0 aromatic carbocycles. The third kappa shape index (κ3) is 3.20. The fourth-order valence-corrected chi connectivity index (χ4v) is 8.10. The van der Waals surface area contributed by atoms with E-state index in [4.69, 9.17) is 14.2 Å². The van der Waals surface area contributed by atoms with Crippen molar-refractivity contribution >= 4 is 12.4 Å². The lowest BCUT2D eigenvalue weighted by Crippen LogP contribution is -2.52. The third-order valence-electron chi connectivity index (χ3n) is 9.69. The smallest absolute Gasteiger partial charge is 0.354 e. The first kappa shape index (κ1) is 22.1. The topological polar surface area (TPSA) is 73.9 Å².